The van der Waals surface area contributed by atoms with Gasteiger partial charge in [0.2, 0.25) is 0 Å². The Bertz CT molecular complexity index is 555. The first kappa shape index (κ1) is 14.6. The van der Waals surface area contributed by atoms with Crippen molar-refractivity contribution in [2.45, 2.75) is 6.54 Å². The highest BCUT2D eigenvalue weighted by atomic mass is 32.1. The molecule has 20 heavy (non-hydrogen) atoms. The number of nitrogens with two attached hydrogens (primary N) is 1. The van der Waals surface area contributed by atoms with Crippen LogP contribution in [-0.4, -0.2) is 30.1 Å². The van der Waals surface area contributed by atoms with Gasteiger partial charge in [0.1, 0.15) is 17.3 Å². The molecule has 0 radical (unpaired) electrons. The molecule has 0 saturated carbocycles. The molecule has 0 bridgehead atoms. The van der Waals surface area contributed by atoms with Crippen LogP contribution in [0.2, 0.25) is 0 Å². The molecule has 2 aromatic rings. The van der Waals surface area contributed by atoms with E-state index in [1.54, 1.807) is 12.5 Å². The SMILES string of the molecule is CN(CCOc1ccccc1C(N)=S)Cc1ccoc1. The van der Waals surface area contributed by atoms with E-state index in [-0.39, 0.29) is 0 Å². The van der Waals surface area contributed by atoms with Crippen LogP contribution in [0.3, 0.4) is 0 Å². The third kappa shape index (κ3) is 4.08. The maximum Gasteiger partial charge on any atom is 0.129 e. The molecular weight excluding hydrogens is 272 g/mol. The third-order valence-corrected chi connectivity index (χ3v) is 3.14. The standard InChI is InChI=1S/C15H18N2O2S/c1-17(10-12-6-8-18-11-12)7-9-19-14-5-3-2-4-13(14)15(16)20/h2-6,8,11H,7,9-10H2,1H3,(H2,16,20). The smallest absolute Gasteiger partial charge is 0.129 e. The van der Waals surface area contributed by atoms with Crippen LogP contribution in [0, 0.1) is 0 Å². The van der Waals surface area contributed by atoms with E-state index in [2.05, 4.69) is 4.90 Å². The molecule has 4 nitrogen and oxygen atoms in total. The molecule has 0 amide bonds. The van der Waals surface area contributed by atoms with Crippen molar-refractivity contribution < 1.29 is 9.15 Å². The van der Waals surface area contributed by atoms with Gasteiger partial charge in [0.15, 0.2) is 0 Å². The molecule has 2 rings (SSSR count). The summed E-state index contributed by atoms with van der Waals surface area (Å²) < 4.78 is 10.8. The second kappa shape index (κ2) is 7.07. The largest absolute Gasteiger partial charge is 0.492 e. The van der Waals surface area contributed by atoms with Crippen molar-refractivity contribution in [2.75, 3.05) is 20.2 Å². The molecule has 1 aromatic carbocycles. The Morgan fingerprint density at radius 3 is 2.85 bits per heavy atom. The van der Waals surface area contributed by atoms with Gasteiger partial charge in [-0.1, -0.05) is 24.4 Å². The number of furan rings is 1. The molecule has 0 fully saturated rings. The minimum atomic E-state index is 0.354. The summed E-state index contributed by atoms with van der Waals surface area (Å²) in [6.45, 7) is 2.21. The van der Waals surface area contributed by atoms with Gasteiger partial charge >= 0.3 is 0 Å². The second-order valence-electron chi connectivity index (χ2n) is 4.58. The summed E-state index contributed by atoms with van der Waals surface area (Å²) in [5, 5.41) is 0. The van der Waals surface area contributed by atoms with Gasteiger partial charge in [-0.25, -0.2) is 0 Å². The normalized spacial score (nSPS) is 10.7. The zero-order valence-corrected chi connectivity index (χ0v) is 12.2. The van der Waals surface area contributed by atoms with Crippen molar-refractivity contribution in [3.8, 4) is 5.75 Å². The lowest BCUT2D eigenvalue weighted by Gasteiger charge is -2.17. The van der Waals surface area contributed by atoms with Gasteiger partial charge in [0.25, 0.3) is 0 Å². The zero-order valence-electron chi connectivity index (χ0n) is 11.4. The van der Waals surface area contributed by atoms with Crippen molar-refractivity contribution in [3.63, 3.8) is 0 Å². The first-order valence-electron chi connectivity index (χ1n) is 6.38. The van der Waals surface area contributed by atoms with Crippen LogP contribution in [0.25, 0.3) is 0 Å². The lowest BCUT2D eigenvalue weighted by molar-refractivity contribution is 0.232. The van der Waals surface area contributed by atoms with Crippen LogP contribution >= 0.6 is 12.2 Å². The van der Waals surface area contributed by atoms with E-state index in [0.29, 0.717) is 11.6 Å². The monoisotopic (exact) mass is 290 g/mol. The molecule has 0 aliphatic rings. The van der Waals surface area contributed by atoms with Crippen molar-refractivity contribution in [1.29, 1.82) is 0 Å². The summed E-state index contributed by atoms with van der Waals surface area (Å²) in [5.41, 5.74) is 7.59. The number of hydrogen-bond acceptors (Lipinski definition) is 4. The third-order valence-electron chi connectivity index (χ3n) is 2.92. The molecule has 5 heteroatoms. The maximum absolute atomic E-state index is 5.76. The van der Waals surface area contributed by atoms with E-state index >= 15 is 0 Å². The number of hydrogen-bond donors (Lipinski definition) is 1. The molecule has 0 unspecified atom stereocenters. The molecule has 0 saturated heterocycles. The summed E-state index contributed by atoms with van der Waals surface area (Å²) in [6.07, 6.45) is 3.43. The van der Waals surface area contributed by atoms with E-state index in [1.165, 1.54) is 0 Å². The highest BCUT2D eigenvalue weighted by Gasteiger charge is 2.06. The van der Waals surface area contributed by atoms with Gasteiger partial charge in [0.05, 0.1) is 18.1 Å². The Morgan fingerprint density at radius 2 is 2.15 bits per heavy atom. The van der Waals surface area contributed by atoms with Gasteiger partial charge in [0, 0.05) is 18.7 Å². The highest BCUT2D eigenvalue weighted by Crippen LogP contribution is 2.17. The van der Waals surface area contributed by atoms with E-state index in [0.717, 1.165) is 30.0 Å². The van der Waals surface area contributed by atoms with Crippen LogP contribution in [0.15, 0.2) is 47.3 Å². The maximum atomic E-state index is 5.76. The average molecular weight is 290 g/mol. The Morgan fingerprint density at radius 1 is 1.35 bits per heavy atom. The van der Waals surface area contributed by atoms with Crippen molar-refractivity contribution in [1.82, 2.24) is 4.90 Å². The minimum Gasteiger partial charge on any atom is -0.492 e. The Balaban J connectivity index is 1.82. The lowest BCUT2D eigenvalue weighted by Crippen LogP contribution is -2.24. The van der Waals surface area contributed by atoms with Crippen LogP contribution < -0.4 is 10.5 Å². The predicted octanol–water partition coefficient (Wildman–Crippen LogP) is 2.42. The molecule has 2 N–H and O–H groups in total. The van der Waals surface area contributed by atoms with Crippen LogP contribution in [0.5, 0.6) is 5.75 Å². The first-order chi connectivity index (χ1) is 9.66. The van der Waals surface area contributed by atoms with Gasteiger partial charge in [-0.2, -0.15) is 0 Å². The number of para-hydroxylation sites is 1. The van der Waals surface area contributed by atoms with Crippen LogP contribution in [-0.2, 0) is 6.54 Å². The van der Waals surface area contributed by atoms with Crippen LogP contribution in [0.4, 0.5) is 0 Å². The Hall–Kier alpha value is -1.85. The lowest BCUT2D eigenvalue weighted by atomic mass is 10.2. The number of nitrogens with zero attached hydrogens (tertiary/aromatic N) is 1. The van der Waals surface area contributed by atoms with Crippen LogP contribution in [0.1, 0.15) is 11.1 Å². The summed E-state index contributed by atoms with van der Waals surface area (Å²) >= 11 is 5.01. The van der Waals surface area contributed by atoms with E-state index in [1.807, 2.05) is 37.4 Å². The number of thiocarbonyl (C=S) groups is 1. The summed E-state index contributed by atoms with van der Waals surface area (Å²) in [7, 11) is 2.04. The molecule has 0 aliphatic carbocycles. The van der Waals surface area contributed by atoms with Crippen molar-refractivity contribution >= 4 is 17.2 Å². The van der Waals surface area contributed by atoms with Gasteiger partial charge in [-0.3, -0.25) is 4.90 Å². The average Bonchev–Trinajstić information content (AvgIpc) is 2.92. The summed E-state index contributed by atoms with van der Waals surface area (Å²) in [6, 6.07) is 9.51. The zero-order chi connectivity index (χ0) is 14.4. The molecule has 106 valence electrons. The topological polar surface area (TPSA) is 51.6 Å². The number of ether oxygens (including phenoxy) is 1. The van der Waals surface area contributed by atoms with E-state index in [4.69, 9.17) is 27.1 Å². The van der Waals surface area contributed by atoms with Crippen molar-refractivity contribution in [2.24, 2.45) is 5.73 Å². The number of likely N-dealkylation sites (N-methyl/N-ethyl adjacent to an activating group) is 1. The first-order valence-corrected chi connectivity index (χ1v) is 6.79. The molecule has 0 atom stereocenters. The van der Waals surface area contributed by atoms with E-state index < -0.39 is 0 Å². The molecular formula is C15H18N2O2S. The Kier molecular flexibility index (Phi) is 5.15. The highest BCUT2D eigenvalue weighted by molar-refractivity contribution is 7.80. The summed E-state index contributed by atoms with van der Waals surface area (Å²) in [4.78, 5) is 2.51. The minimum absolute atomic E-state index is 0.354. The molecule has 1 heterocycles. The predicted molar refractivity (Wildman–Crippen MR) is 82.9 cm³/mol. The fourth-order valence-corrected chi connectivity index (χ4v) is 2.05. The fourth-order valence-electron chi connectivity index (χ4n) is 1.88. The quantitative estimate of drug-likeness (QED) is 0.794. The fraction of sp³-hybridized carbons (Fsp3) is 0.267. The number of rotatable bonds is 7. The number of benzene rings is 1. The second-order valence-corrected chi connectivity index (χ2v) is 5.02. The van der Waals surface area contributed by atoms with Gasteiger partial charge in [-0.15, -0.1) is 0 Å². The Labute approximate surface area is 124 Å². The summed E-state index contributed by atoms with van der Waals surface area (Å²) in [5.74, 6) is 0.733. The molecule has 1 aromatic heterocycles. The molecule has 0 aliphatic heterocycles. The van der Waals surface area contributed by atoms with Gasteiger partial charge in [-0.05, 0) is 25.2 Å². The van der Waals surface area contributed by atoms with E-state index in [9.17, 15) is 0 Å². The van der Waals surface area contributed by atoms with Gasteiger partial charge < -0.3 is 14.9 Å². The molecule has 0 spiro atoms. The van der Waals surface area contributed by atoms with Crippen molar-refractivity contribution in [3.05, 3.63) is 54.0 Å².